The van der Waals surface area contributed by atoms with Gasteiger partial charge in [0, 0.05) is 24.8 Å². The van der Waals surface area contributed by atoms with E-state index in [9.17, 15) is 27.2 Å². The summed E-state index contributed by atoms with van der Waals surface area (Å²) < 4.78 is 55.7. The number of hydrogen-bond donors (Lipinski definition) is 1. The fourth-order valence-electron chi connectivity index (χ4n) is 2.55. The Bertz CT molecular complexity index is 1090. The molecular weight excluding hydrogens is 396 g/mol. The molecule has 1 N–H and O–H groups in total. The maximum Gasteiger partial charge on any atom is 0.471 e. The topological polar surface area (TPSA) is 90.0 Å². The third-order valence-corrected chi connectivity index (χ3v) is 3.98. The van der Waals surface area contributed by atoms with Crippen LogP contribution in [0.3, 0.4) is 0 Å². The van der Waals surface area contributed by atoms with Gasteiger partial charge in [0.05, 0.1) is 0 Å². The molecule has 0 radical (unpaired) electrons. The summed E-state index contributed by atoms with van der Waals surface area (Å²) in [5.41, 5.74) is 0.0238. The zero-order chi connectivity index (χ0) is 21.2. The number of halogens is 4. The minimum Gasteiger partial charge on any atom is -0.351 e. The minimum atomic E-state index is -4.75. The first-order valence-corrected chi connectivity index (χ1v) is 8.33. The first kappa shape index (κ1) is 20.2. The van der Waals surface area contributed by atoms with E-state index in [1.165, 1.54) is 35.0 Å². The van der Waals surface area contributed by atoms with Gasteiger partial charge in [0.25, 0.3) is 11.5 Å². The lowest BCUT2D eigenvalue weighted by atomic mass is 10.1. The lowest BCUT2D eigenvalue weighted by molar-refractivity contribution is -0.159. The summed E-state index contributed by atoms with van der Waals surface area (Å²) in [6.45, 7) is 1.46. The Morgan fingerprint density at radius 2 is 1.90 bits per heavy atom. The fourth-order valence-corrected chi connectivity index (χ4v) is 2.55. The lowest BCUT2D eigenvalue weighted by Crippen LogP contribution is -2.34. The van der Waals surface area contributed by atoms with Gasteiger partial charge in [-0.15, -0.1) is 0 Å². The molecule has 1 aromatic carbocycles. The predicted octanol–water partition coefficient (Wildman–Crippen LogP) is 2.66. The molecule has 0 fully saturated rings. The highest BCUT2D eigenvalue weighted by atomic mass is 19.4. The summed E-state index contributed by atoms with van der Waals surface area (Å²) in [4.78, 5) is 28.4. The molecule has 2 aromatic heterocycles. The number of nitrogens with one attached hydrogen (secondary N) is 1. The zero-order valence-electron chi connectivity index (χ0n) is 15.0. The van der Waals surface area contributed by atoms with E-state index in [0.717, 1.165) is 0 Å². The highest BCUT2D eigenvalue weighted by Gasteiger charge is 2.38. The number of carbonyl (C=O) groups excluding carboxylic acids is 1. The van der Waals surface area contributed by atoms with Gasteiger partial charge >= 0.3 is 12.1 Å². The molecular formula is C18H14F4N4O3. The molecule has 11 heteroatoms. The van der Waals surface area contributed by atoms with Gasteiger partial charge in [-0.1, -0.05) is 5.16 Å². The van der Waals surface area contributed by atoms with Crippen LogP contribution in [0, 0.1) is 12.7 Å². The van der Waals surface area contributed by atoms with Crippen LogP contribution in [0.25, 0.3) is 5.69 Å². The number of pyridine rings is 1. The van der Waals surface area contributed by atoms with Gasteiger partial charge in [-0.25, -0.2) is 4.39 Å². The van der Waals surface area contributed by atoms with Crippen LogP contribution in [0.2, 0.25) is 0 Å². The Labute approximate surface area is 161 Å². The summed E-state index contributed by atoms with van der Waals surface area (Å²) in [6.07, 6.45) is -3.41. The van der Waals surface area contributed by atoms with Crippen molar-refractivity contribution in [1.29, 1.82) is 0 Å². The lowest BCUT2D eigenvalue weighted by Gasteiger charge is -2.11. The van der Waals surface area contributed by atoms with Crippen LogP contribution in [-0.2, 0) is 12.6 Å². The standard InChI is InChI=1S/C18H14F4N4O3/c1-10-7-9-26(12-4-2-11(19)3-5-12)16(28)14(10)15(27)23-8-6-13-24-17(29-25-13)18(20,21)22/h2-5,7,9H,6,8H2,1H3,(H,23,27). The SMILES string of the molecule is Cc1ccn(-c2ccc(F)cc2)c(=O)c1C(=O)NCCc1noc(C(F)(F)F)n1. The van der Waals surface area contributed by atoms with Crippen molar-refractivity contribution >= 4 is 5.91 Å². The van der Waals surface area contributed by atoms with Crippen LogP contribution in [0.4, 0.5) is 17.6 Å². The first-order valence-electron chi connectivity index (χ1n) is 8.33. The van der Waals surface area contributed by atoms with Crippen molar-refractivity contribution in [3.63, 3.8) is 0 Å². The number of aryl methyl sites for hydroxylation is 1. The Kier molecular flexibility index (Phi) is 5.48. The third-order valence-electron chi connectivity index (χ3n) is 3.98. The number of rotatable bonds is 5. The highest BCUT2D eigenvalue weighted by Crippen LogP contribution is 2.27. The first-order chi connectivity index (χ1) is 13.7. The maximum absolute atomic E-state index is 13.1. The van der Waals surface area contributed by atoms with Crippen LogP contribution in [0.1, 0.15) is 27.6 Å². The molecule has 1 amide bonds. The molecule has 3 aromatic rings. The van der Waals surface area contributed by atoms with Crippen molar-refractivity contribution in [2.45, 2.75) is 19.5 Å². The summed E-state index contributed by atoms with van der Waals surface area (Å²) in [6, 6.07) is 6.70. The second kappa shape index (κ2) is 7.86. The van der Waals surface area contributed by atoms with Crippen LogP contribution >= 0.6 is 0 Å². The molecule has 2 heterocycles. The number of nitrogens with zero attached hydrogens (tertiary/aromatic N) is 3. The third kappa shape index (κ3) is 4.50. The van der Waals surface area contributed by atoms with Crippen LogP contribution < -0.4 is 10.9 Å². The summed E-state index contributed by atoms with van der Waals surface area (Å²) in [5, 5.41) is 5.64. The van der Waals surface area contributed by atoms with E-state index in [2.05, 4.69) is 20.0 Å². The van der Waals surface area contributed by atoms with Gasteiger partial charge in [0.15, 0.2) is 5.82 Å². The van der Waals surface area contributed by atoms with Crippen LogP contribution in [0.15, 0.2) is 45.8 Å². The molecule has 3 rings (SSSR count). The summed E-state index contributed by atoms with van der Waals surface area (Å²) in [7, 11) is 0. The average molecular weight is 410 g/mol. The maximum atomic E-state index is 13.1. The fraction of sp³-hybridized carbons (Fsp3) is 0.222. The molecule has 0 atom stereocenters. The van der Waals surface area contributed by atoms with E-state index in [1.54, 1.807) is 13.0 Å². The van der Waals surface area contributed by atoms with Crippen molar-refractivity contribution in [3.8, 4) is 5.69 Å². The molecule has 0 spiro atoms. The number of hydrogen-bond acceptors (Lipinski definition) is 5. The molecule has 0 aliphatic rings. The zero-order valence-corrected chi connectivity index (χ0v) is 15.0. The van der Waals surface area contributed by atoms with E-state index in [4.69, 9.17) is 0 Å². The molecule has 0 saturated carbocycles. The van der Waals surface area contributed by atoms with Crippen molar-refractivity contribution < 1.29 is 26.9 Å². The van der Waals surface area contributed by atoms with Crippen molar-refractivity contribution in [3.05, 3.63) is 75.5 Å². The van der Waals surface area contributed by atoms with E-state index < -0.39 is 29.4 Å². The van der Waals surface area contributed by atoms with Crippen molar-refractivity contribution in [2.24, 2.45) is 0 Å². The second-order valence-corrected chi connectivity index (χ2v) is 6.04. The van der Waals surface area contributed by atoms with E-state index in [1.807, 2.05) is 0 Å². The monoisotopic (exact) mass is 410 g/mol. The number of benzene rings is 1. The Morgan fingerprint density at radius 3 is 2.52 bits per heavy atom. The molecule has 0 unspecified atom stereocenters. The molecule has 0 aliphatic heterocycles. The van der Waals surface area contributed by atoms with Crippen molar-refractivity contribution in [2.75, 3.05) is 6.54 Å². The van der Waals surface area contributed by atoms with Crippen LogP contribution in [-0.4, -0.2) is 27.2 Å². The molecule has 29 heavy (non-hydrogen) atoms. The Morgan fingerprint density at radius 1 is 1.21 bits per heavy atom. The normalized spacial score (nSPS) is 11.5. The number of carbonyl (C=O) groups is 1. The van der Waals surface area contributed by atoms with Gasteiger partial charge < -0.3 is 9.84 Å². The quantitative estimate of drug-likeness (QED) is 0.654. The van der Waals surface area contributed by atoms with Gasteiger partial charge in [-0.2, -0.15) is 18.2 Å². The molecule has 0 saturated heterocycles. The summed E-state index contributed by atoms with van der Waals surface area (Å²) in [5.74, 6) is -2.88. The van der Waals surface area contributed by atoms with E-state index >= 15 is 0 Å². The van der Waals surface area contributed by atoms with Gasteiger partial charge in [-0.05, 0) is 42.8 Å². The second-order valence-electron chi connectivity index (χ2n) is 6.04. The van der Waals surface area contributed by atoms with Crippen molar-refractivity contribution in [1.82, 2.24) is 20.0 Å². The number of aromatic nitrogens is 3. The minimum absolute atomic E-state index is 0.111. The molecule has 0 bridgehead atoms. The Hall–Kier alpha value is -3.50. The largest absolute Gasteiger partial charge is 0.471 e. The van der Waals surface area contributed by atoms with Gasteiger partial charge in [0.2, 0.25) is 0 Å². The smallest absolute Gasteiger partial charge is 0.351 e. The molecule has 7 nitrogen and oxygen atoms in total. The number of alkyl halides is 3. The van der Waals surface area contributed by atoms with Gasteiger partial charge in [0.1, 0.15) is 11.4 Å². The molecule has 0 aliphatic carbocycles. The average Bonchev–Trinajstić information content (AvgIpc) is 3.12. The number of amides is 1. The summed E-state index contributed by atoms with van der Waals surface area (Å²) >= 11 is 0. The predicted molar refractivity (Wildman–Crippen MR) is 92.1 cm³/mol. The highest BCUT2D eigenvalue weighted by molar-refractivity contribution is 5.95. The Balaban J connectivity index is 1.74. The molecule has 152 valence electrons. The van der Waals surface area contributed by atoms with E-state index in [-0.39, 0.29) is 24.4 Å². The van der Waals surface area contributed by atoms with E-state index in [0.29, 0.717) is 11.3 Å². The van der Waals surface area contributed by atoms with Gasteiger partial charge in [-0.3, -0.25) is 14.2 Å². The van der Waals surface area contributed by atoms with Crippen LogP contribution in [0.5, 0.6) is 0 Å².